The molecule has 1 atom stereocenters. The van der Waals surface area contributed by atoms with Crippen LogP contribution in [-0.4, -0.2) is 50.2 Å². The molecule has 5 rings (SSSR count). The van der Waals surface area contributed by atoms with Crippen molar-refractivity contribution in [1.29, 1.82) is 5.26 Å². The average Bonchev–Trinajstić information content (AvgIpc) is 3.30. The van der Waals surface area contributed by atoms with Crippen LogP contribution in [0.2, 0.25) is 5.02 Å². The number of aromatic amines is 1. The topological polar surface area (TPSA) is 72.4 Å². The van der Waals surface area contributed by atoms with Crippen molar-refractivity contribution in [1.82, 2.24) is 4.98 Å². The SMILES string of the molecule is Cl.N#Cc1c[nH]c2c(N3CCC(c4ccc(N5CCO[C@H](C=O)C5)cc4)CC3)ccc(Cl)c12. The molecule has 2 aromatic carbocycles. The average molecular weight is 485 g/mol. The van der Waals surface area contributed by atoms with Crippen LogP contribution in [-0.2, 0) is 9.53 Å². The van der Waals surface area contributed by atoms with Gasteiger partial charge in [0.1, 0.15) is 12.2 Å². The number of aromatic nitrogens is 1. The van der Waals surface area contributed by atoms with Gasteiger partial charge in [-0.05, 0) is 48.6 Å². The van der Waals surface area contributed by atoms with Crippen LogP contribution in [0.25, 0.3) is 10.9 Å². The van der Waals surface area contributed by atoms with Crippen molar-refractivity contribution in [3.8, 4) is 6.07 Å². The van der Waals surface area contributed by atoms with Crippen LogP contribution in [0.15, 0.2) is 42.6 Å². The monoisotopic (exact) mass is 484 g/mol. The first-order valence-corrected chi connectivity index (χ1v) is 11.4. The number of nitrogens with one attached hydrogen (secondary N) is 1. The summed E-state index contributed by atoms with van der Waals surface area (Å²) in [6, 6.07) is 14.9. The van der Waals surface area contributed by atoms with Gasteiger partial charge in [-0.3, -0.25) is 0 Å². The third-order valence-electron chi connectivity index (χ3n) is 6.69. The Morgan fingerprint density at radius 3 is 2.55 bits per heavy atom. The number of fused-ring (bicyclic) bond motifs is 1. The van der Waals surface area contributed by atoms with Gasteiger partial charge in [0, 0.05) is 36.9 Å². The van der Waals surface area contributed by atoms with Crippen LogP contribution < -0.4 is 9.80 Å². The third-order valence-corrected chi connectivity index (χ3v) is 7.01. The molecular weight excluding hydrogens is 459 g/mol. The quantitative estimate of drug-likeness (QED) is 0.532. The van der Waals surface area contributed by atoms with Crippen molar-refractivity contribution in [2.45, 2.75) is 24.9 Å². The Bertz CT molecular complexity index is 1160. The lowest BCUT2D eigenvalue weighted by molar-refractivity contribution is -0.118. The highest BCUT2D eigenvalue weighted by Gasteiger charge is 2.24. The van der Waals surface area contributed by atoms with E-state index in [0.29, 0.717) is 29.7 Å². The minimum atomic E-state index is -0.337. The number of H-pyrrole nitrogens is 1. The van der Waals surface area contributed by atoms with Crippen molar-refractivity contribution in [3.63, 3.8) is 0 Å². The van der Waals surface area contributed by atoms with Gasteiger partial charge in [0.05, 0.1) is 34.9 Å². The summed E-state index contributed by atoms with van der Waals surface area (Å²) >= 11 is 6.36. The maximum Gasteiger partial charge on any atom is 0.150 e. The number of carbonyl (C=O) groups excluding carboxylic acids is 1. The van der Waals surface area contributed by atoms with Gasteiger partial charge >= 0.3 is 0 Å². The normalized spacial score (nSPS) is 19.2. The van der Waals surface area contributed by atoms with E-state index in [4.69, 9.17) is 16.3 Å². The summed E-state index contributed by atoms with van der Waals surface area (Å²) in [5.74, 6) is 0.522. The summed E-state index contributed by atoms with van der Waals surface area (Å²) in [6.45, 7) is 3.91. The van der Waals surface area contributed by atoms with Gasteiger partial charge in [0.15, 0.2) is 6.29 Å². The van der Waals surface area contributed by atoms with Crippen molar-refractivity contribution in [2.24, 2.45) is 0 Å². The van der Waals surface area contributed by atoms with Gasteiger partial charge in [-0.15, -0.1) is 12.4 Å². The zero-order valence-corrected chi connectivity index (χ0v) is 19.7. The van der Waals surface area contributed by atoms with Crippen molar-refractivity contribution >= 4 is 52.6 Å². The highest BCUT2D eigenvalue weighted by Crippen LogP contribution is 2.37. The summed E-state index contributed by atoms with van der Waals surface area (Å²) < 4.78 is 5.45. The fraction of sp³-hybridized carbons (Fsp3) is 0.360. The first-order valence-electron chi connectivity index (χ1n) is 11.0. The summed E-state index contributed by atoms with van der Waals surface area (Å²) in [5.41, 5.74) is 5.14. The first-order chi connectivity index (χ1) is 15.7. The molecule has 2 saturated heterocycles. The van der Waals surface area contributed by atoms with E-state index in [9.17, 15) is 10.1 Å². The molecule has 0 amide bonds. The first kappa shape index (κ1) is 23.4. The van der Waals surface area contributed by atoms with Crippen LogP contribution >= 0.6 is 24.0 Å². The number of morpholine rings is 1. The lowest BCUT2D eigenvalue weighted by Crippen LogP contribution is -2.43. The third kappa shape index (κ3) is 4.54. The smallest absolute Gasteiger partial charge is 0.150 e. The number of anilines is 2. The maximum absolute atomic E-state index is 11.1. The maximum atomic E-state index is 11.1. The molecular formula is C25H26Cl2N4O2. The molecule has 0 unspecified atom stereocenters. The van der Waals surface area contributed by atoms with Gasteiger partial charge in [-0.2, -0.15) is 5.26 Å². The highest BCUT2D eigenvalue weighted by atomic mass is 35.5. The van der Waals surface area contributed by atoms with E-state index in [-0.39, 0.29) is 18.5 Å². The molecule has 0 radical (unpaired) electrons. The molecule has 0 spiro atoms. The van der Waals surface area contributed by atoms with E-state index in [0.717, 1.165) is 61.0 Å². The number of benzene rings is 2. The molecule has 0 bridgehead atoms. The van der Waals surface area contributed by atoms with Gasteiger partial charge in [0.2, 0.25) is 0 Å². The zero-order chi connectivity index (χ0) is 22.1. The van der Waals surface area contributed by atoms with Crippen LogP contribution in [0, 0.1) is 11.3 Å². The highest BCUT2D eigenvalue weighted by molar-refractivity contribution is 6.36. The van der Waals surface area contributed by atoms with Crippen molar-refractivity contribution in [3.05, 3.63) is 58.7 Å². The minimum Gasteiger partial charge on any atom is -0.370 e. The van der Waals surface area contributed by atoms with Gasteiger partial charge < -0.3 is 24.3 Å². The fourth-order valence-corrected chi connectivity index (χ4v) is 5.21. The summed E-state index contributed by atoms with van der Waals surface area (Å²) in [7, 11) is 0. The zero-order valence-electron chi connectivity index (χ0n) is 18.2. The predicted octanol–water partition coefficient (Wildman–Crippen LogP) is 4.90. The molecule has 33 heavy (non-hydrogen) atoms. The Morgan fingerprint density at radius 1 is 1.09 bits per heavy atom. The number of hydrogen-bond donors (Lipinski definition) is 1. The number of nitrogens with zero attached hydrogens (tertiary/aromatic N) is 3. The number of halogens is 2. The molecule has 3 heterocycles. The molecule has 2 aliphatic heterocycles. The molecule has 1 N–H and O–H groups in total. The van der Waals surface area contributed by atoms with Crippen molar-refractivity contribution in [2.75, 3.05) is 42.6 Å². The standard InChI is InChI=1S/C25H25ClN4O2.ClH/c26-22-5-6-23(25-24(22)19(13-27)14-28-25)29-9-7-18(8-10-29)17-1-3-20(4-2-17)30-11-12-32-21(15-30)16-31;/h1-6,14,16,18,21,28H,7-12,15H2;1H/t21-;/m0./s1. The largest absolute Gasteiger partial charge is 0.370 e. The van der Waals surface area contributed by atoms with E-state index >= 15 is 0 Å². The fourth-order valence-electron chi connectivity index (χ4n) is 4.95. The Kier molecular flexibility index (Phi) is 7.14. The van der Waals surface area contributed by atoms with E-state index in [2.05, 4.69) is 45.1 Å². The summed E-state index contributed by atoms with van der Waals surface area (Å²) in [6.07, 6.45) is 4.42. The van der Waals surface area contributed by atoms with Crippen LogP contribution in [0.4, 0.5) is 11.4 Å². The lowest BCUT2D eigenvalue weighted by Gasteiger charge is -2.35. The second kappa shape index (κ2) is 10.0. The minimum absolute atomic E-state index is 0. The summed E-state index contributed by atoms with van der Waals surface area (Å²) in [5, 5.41) is 10.8. The molecule has 2 aliphatic rings. The van der Waals surface area contributed by atoms with Gasteiger partial charge in [-0.1, -0.05) is 23.7 Å². The van der Waals surface area contributed by atoms with E-state index in [1.54, 1.807) is 6.20 Å². The Labute approximate surface area is 204 Å². The number of piperidine rings is 1. The molecule has 0 aliphatic carbocycles. The van der Waals surface area contributed by atoms with E-state index < -0.39 is 0 Å². The number of ether oxygens (including phenoxy) is 1. The number of rotatable bonds is 4. The molecule has 8 heteroatoms. The molecule has 2 fully saturated rings. The Morgan fingerprint density at radius 2 is 1.85 bits per heavy atom. The van der Waals surface area contributed by atoms with Crippen LogP contribution in [0.5, 0.6) is 0 Å². The number of carbonyl (C=O) groups is 1. The van der Waals surface area contributed by atoms with E-state index in [1.807, 2.05) is 12.1 Å². The van der Waals surface area contributed by atoms with Crippen LogP contribution in [0.1, 0.15) is 29.9 Å². The van der Waals surface area contributed by atoms with Crippen LogP contribution in [0.3, 0.4) is 0 Å². The van der Waals surface area contributed by atoms with Gasteiger partial charge in [-0.25, -0.2) is 0 Å². The molecule has 1 aromatic heterocycles. The Hall–Kier alpha value is -2.72. The van der Waals surface area contributed by atoms with E-state index in [1.165, 1.54) is 5.56 Å². The van der Waals surface area contributed by atoms with Crippen molar-refractivity contribution < 1.29 is 9.53 Å². The second-order valence-corrected chi connectivity index (χ2v) is 8.88. The molecule has 6 nitrogen and oxygen atoms in total. The Balaban J connectivity index is 0.00000259. The molecule has 3 aromatic rings. The van der Waals surface area contributed by atoms with Gasteiger partial charge in [0.25, 0.3) is 0 Å². The molecule has 0 saturated carbocycles. The predicted molar refractivity (Wildman–Crippen MR) is 134 cm³/mol. The molecule has 172 valence electrons. The number of hydrogen-bond acceptors (Lipinski definition) is 5. The number of aldehydes is 1. The summed E-state index contributed by atoms with van der Waals surface area (Å²) in [4.78, 5) is 18.9. The second-order valence-electron chi connectivity index (χ2n) is 8.47. The lowest BCUT2D eigenvalue weighted by atomic mass is 9.89. The number of nitriles is 1.